The molecule has 0 aromatic rings. The van der Waals surface area contributed by atoms with Gasteiger partial charge >= 0.3 is 13.4 Å². The number of rotatable bonds is 10. The van der Waals surface area contributed by atoms with E-state index < -0.39 is 13.4 Å². The summed E-state index contributed by atoms with van der Waals surface area (Å²) in [4.78, 5) is 18.3. The predicted molar refractivity (Wildman–Crippen MR) is 75.8 cm³/mol. The zero-order valence-electron chi connectivity index (χ0n) is 10.1. The fourth-order valence-electron chi connectivity index (χ4n) is 0.856. The van der Waals surface area contributed by atoms with Gasteiger partial charge in [0.1, 0.15) is 0 Å². The van der Waals surface area contributed by atoms with Gasteiger partial charge in [-0.05, 0) is 36.5 Å². The van der Waals surface area contributed by atoms with Crippen molar-refractivity contribution in [2.45, 2.75) is 39.5 Å². The summed E-state index contributed by atoms with van der Waals surface area (Å²) in [6.45, 7) is -2.22. The molecule has 0 atom stereocenters. The van der Waals surface area contributed by atoms with Crippen molar-refractivity contribution in [1.29, 1.82) is 0 Å². The summed E-state index contributed by atoms with van der Waals surface area (Å²) in [6, 6.07) is 0. The van der Waals surface area contributed by atoms with Crippen molar-refractivity contribution in [3.05, 3.63) is 0 Å². The average molecular weight is 322 g/mol. The summed E-state index contributed by atoms with van der Waals surface area (Å²) < 4.78 is 15.5. The van der Waals surface area contributed by atoms with Gasteiger partial charge in [-0.2, -0.15) is 0 Å². The SMILES string of the molecule is CCCCOP(=S)(OCCCC)OP(O)(O)=S. The Morgan fingerprint density at radius 1 is 0.941 bits per heavy atom. The normalized spacial score (nSPS) is 12.9. The van der Waals surface area contributed by atoms with Gasteiger partial charge in [0, 0.05) is 0 Å². The van der Waals surface area contributed by atoms with Crippen LogP contribution in [-0.2, 0) is 37.0 Å². The molecule has 0 radical (unpaired) electrons. The minimum Gasteiger partial charge on any atom is -0.324 e. The van der Waals surface area contributed by atoms with Crippen LogP contribution in [0, 0.1) is 0 Å². The maximum absolute atomic E-state index is 9.13. The van der Waals surface area contributed by atoms with Crippen LogP contribution < -0.4 is 0 Å². The Morgan fingerprint density at radius 2 is 1.35 bits per heavy atom. The van der Waals surface area contributed by atoms with Crippen molar-refractivity contribution in [3.8, 4) is 0 Å². The van der Waals surface area contributed by atoms with Gasteiger partial charge in [0.05, 0.1) is 13.2 Å². The number of hydrogen-bond acceptors (Lipinski definition) is 5. The molecular formula is C8H20O5P2S2. The van der Waals surface area contributed by atoms with Gasteiger partial charge < -0.3 is 18.8 Å². The Morgan fingerprint density at radius 3 is 1.65 bits per heavy atom. The first kappa shape index (κ1) is 18.1. The third kappa shape index (κ3) is 10.7. The van der Waals surface area contributed by atoms with Gasteiger partial charge in [0.15, 0.2) is 0 Å². The van der Waals surface area contributed by atoms with E-state index in [4.69, 9.17) is 35.0 Å². The molecular weight excluding hydrogens is 302 g/mol. The smallest absolute Gasteiger partial charge is 0.324 e. The molecule has 0 heterocycles. The van der Waals surface area contributed by atoms with Crippen LogP contribution in [0.25, 0.3) is 0 Å². The molecule has 0 bridgehead atoms. The minimum atomic E-state index is -3.86. The molecule has 0 unspecified atom stereocenters. The van der Waals surface area contributed by atoms with Crippen molar-refractivity contribution in [1.82, 2.24) is 0 Å². The molecule has 0 fully saturated rings. The highest BCUT2D eigenvalue weighted by molar-refractivity contribution is 8.14. The van der Waals surface area contributed by atoms with Crippen molar-refractivity contribution >= 4 is 37.1 Å². The highest BCUT2D eigenvalue weighted by atomic mass is 32.5. The summed E-state index contributed by atoms with van der Waals surface area (Å²) >= 11 is 9.45. The fraction of sp³-hybridized carbons (Fsp3) is 1.00. The van der Waals surface area contributed by atoms with Gasteiger partial charge in [-0.1, -0.05) is 26.7 Å². The largest absolute Gasteiger partial charge is 0.334 e. The van der Waals surface area contributed by atoms with Crippen LogP contribution in [0.15, 0.2) is 0 Å². The van der Waals surface area contributed by atoms with Gasteiger partial charge in [-0.15, -0.1) is 0 Å². The second-order valence-corrected chi connectivity index (χ2v) is 9.21. The first-order valence-corrected chi connectivity index (χ1v) is 10.7. The van der Waals surface area contributed by atoms with E-state index in [2.05, 4.69) is 11.8 Å². The molecule has 9 heteroatoms. The number of unbranched alkanes of at least 4 members (excludes halogenated alkanes) is 2. The summed E-state index contributed by atoms with van der Waals surface area (Å²) in [5.41, 5.74) is 0. The quantitative estimate of drug-likeness (QED) is 0.473. The number of hydrogen-bond donors (Lipinski definition) is 2. The van der Waals surface area contributed by atoms with E-state index in [1.807, 2.05) is 13.8 Å². The molecule has 0 aromatic heterocycles. The van der Waals surface area contributed by atoms with Gasteiger partial charge in [0.25, 0.3) is 0 Å². The van der Waals surface area contributed by atoms with E-state index in [0.717, 1.165) is 25.7 Å². The molecule has 0 aliphatic carbocycles. The lowest BCUT2D eigenvalue weighted by Crippen LogP contribution is -2.01. The van der Waals surface area contributed by atoms with E-state index in [0.29, 0.717) is 13.2 Å². The highest BCUT2D eigenvalue weighted by Gasteiger charge is 2.27. The van der Waals surface area contributed by atoms with Crippen LogP contribution in [0.4, 0.5) is 0 Å². The lowest BCUT2D eigenvalue weighted by atomic mass is 10.4. The second-order valence-electron chi connectivity index (χ2n) is 3.39. The van der Waals surface area contributed by atoms with Gasteiger partial charge in [-0.25, -0.2) is 4.31 Å². The summed E-state index contributed by atoms with van der Waals surface area (Å²) in [5.74, 6) is 0. The molecule has 0 saturated heterocycles. The Hall–Kier alpha value is 1.10. The maximum atomic E-state index is 9.13. The van der Waals surface area contributed by atoms with Crippen molar-refractivity contribution < 1.29 is 23.1 Å². The molecule has 0 aliphatic rings. The third-order valence-corrected chi connectivity index (χ3v) is 6.18. The van der Waals surface area contributed by atoms with Crippen LogP contribution >= 0.6 is 13.4 Å². The lowest BCUT2D eigenvalue weighted by molar-refractivity contribution is 0.190. The molecule has 17 heavy (non-hydrogen) atoms. The van der Waals surface area contributed by atoms with E-state index >= 15 is 0 Å². The molecule has 0 amide bonds. The fourth-order valence-corrected chi connectivity index (χ4v) is 5.51. The topological polar surface area (TPSA) is 68.2 Å². The molecule has 0 aliphatic heterocycles. The Labute approximate surface area is 113 Å². The van der Waals surface area contributed by atoms with E-state index in [1.54, 1.807) is 0 Å². The van der Waals surface area contributed by atoms with Crippen LogP contribution in [-0.4, -0.2) is 23.0 Å². The molecule has 104 valence electrons. The van der Waals surface area contributed by atoms with E-state index in [-0.39, 0.29) is 0 Å². The zero-order valence-corrected chi connectivity index (χ0v) is 13.5. The maximum Gasteiger partial charge on any atom is 0.334 e. The zero-order chi connectivity index (χ0) is 13.4. The van der Waals surface area contributed by atoms with E-state index in [9.17, 15) is 0 Å². The predicted octanol–water partition coefficient (Wildman–Crippen LogP) is 3.07. The second kappa shape index (κ2) is 9.08. The lowest BCUT2D eigenvalue weighted by Gasteiger charge is -2.23. The molecule has 0 saturated carbocycles. The van der Waals surface area contributed by atoms with Crippen molar-refractivity contribution in [2.24, 2.45) is 0 Å². The summed E-state index contributed by atoms with van der Waals surface area (Å²) in [7, 11) is 0. The average Bonchev–Trinajstić information content (AvgIpc) is 2.15. The first-order valence-electron chi connectivity index (χ1n) is 5.49. The van der Waals surface area contributed by atoms with Crippen LogP contribution in [0.3, 0.4) is 0 Å². The van der Waals surface area contributed by atoms with Gasteiger partial charge in [0.2, 0.25) is 0 Å². The third-order valence-electron chi connectivity index (χ3n) is 1.70. The summed E-state index contributed by atoms with van der Waals surface area (Å²) in [6.07, 6.45) is 3.49. The Bertz CT molecular complexity index is 280. The molecule has 0 spiro atoms. The van der Waals surface area contributed by atoms with Crippen LogP contribution in [0.5, 0.6) is 0 Å². The molecule has 5 nitrogen and oxygen atoms in total. The molecule has 0 rings (SSSR count). The molecule has 2 N–H and O–H groups in total. The van der Waals surface area contributed by atoms with Gasteiger partial charge in [-0.3, -0.25) is 0 Å². The monoisotopic (exact) mass is 322 g/mol. The first-order chi connectivity index (χ1) is 7.83. The highest BCUT2D eigenvalue weighted by Crippen LogP contribution is 2.61. The standard InChI is InChI=1S/C8H20O5P2S2/c1-3-5-7-11-15(17,12-8-6-4-2)13-14(9,10)16/h3-8H2,1-2H3,(H2,9,10,16). The molecule has 0 aromatic carbocycles. The van der Waals surface area contributed by atoms with Crippen LogP contribution in [0.1, 0.15) is 39.5 Å². The minimum absolute atomic E-state index is 0.370. The van der Waals surface area contributed by atoms with Crippen molar-refractivity contribution in [2.75, 3.05) is 13.2 Å². The Kier molecular flexibility index (Phi) is 9.66. The summed E-state index contributed by atoms with van der Waals surface area (Å²) in [5, 5.41) is 0. The van der Waals surface area contributed by atoms with E-state index in [1.165, 1.54) is 0 Å². The van der Waals surface area contributed by atoms with Crippen molar-refractivity contribution in [3.63, 3.8) is 0 Å². The Balaban J connectivity index is 4.35. The van der Waals surface area contributed by atoms with Crippen LogP contribution in [0.2, 0.25) is 0 Å².